The van der Waals surface area contributed by atoms with Crippen molar-refractivity contribution >= 4 is 28.4 Å². The highest BCUT2D eigenvalue weighted by Gasteiger charge is 2.58. The van der Waals surface area contributed by atoms with Gasteiger partial charge in [-0.2, -0.15) is 0 Å². The van der Waals surface area contributed by atoms with Crippen LogP contribution in [0.4, 0.5) is 11.4 Å². The molecule has 5 nitrogen and oxygen atoms in total. The molecular formula is C28H32N2O3. The SMILES string of the molecule is CN1c2ccccc2C(C)(C)C12C=Nc1c(ccc3ccc(OCCCCCCO)cc13)O2. The Morgan fingerprint density at radius 2 is 1.79 bits per heavy atom. The molecule has 5 rings (SSSR count). The molecule has 1 unspecified atom stereocenters. The predicted molar refractivity (Wildman–Crippen MR) is 134 cm³/mol. The fraction of sp³-hybridized carbons (Fsp3) is 0.393. The van der Waals surface area contributed by atoms with E-state index >= 15 is 0 Å². The summed E-state index contributed by atoms with van der Waals surface area (Å²) >= 11 is 0. The number of aliphatic hydroxyl groups excluding tert-OH is 1. The third kappa shape index (κ3) is 3.46. The molecule has 0 fully saturated rings. The van der Waals surface area contributed by atoms with Gasteiger partial charge in [0, 0.05) is 24.7 Å². The number of unbranched alkanes of at least 4 members (excludes halogenated alkanes) is 3. The van der Waals surface area contributed by atoms with E-state index in [1.807, 2.05) is 18.3 Å². The lowest BCUT2D eigenvalue weighted by Crippen LogP contribution is -2.61. The van der Waals surface area contributed by atoms with Gasteiger partial charge in [0.2, 0.25) is 5.72 Å². The number of nitrogens with zero attached hydrogens (tertiary/aromatic N) is 2. The second-order valence-electron chi connectivity index (χ2n) is 9.54. The first-order valence-corrected chi connectivity index (χ1v) is 11.9. The zero-order valence-corrected chi connectivity index (χ0v) is 19.7. The smallest absolute Gasteiger partial charge is 0.228 e. The fourth-order valence-electron chi connectivity index (χ4n) is 5.20. The van der Waals surface area contributed by atoms with Crippen LogP contribution in [0.3, 0.4) is 0 Å². The summed E-state index contributed by atoms with van der Waals surface area (Å²) in [5, 5.41) is 11.0. The van der Waals surface area contributed by atoms with Crippen LogP contribution in [0.25, 0.3) is 10.8 Å². The Balaban J connectivity index is 1.43. The number of rotatable bonds is 7. The molecule has 0 saturated carbocycles. The standard InChI is InChI=1S/C28H32N2O3/c1-27(2)23-10-6-7-11-24(23)30(3)28(27)19-29-26-22-18-21(32-17-9-5-4-8-16-31)14-12-20(22)13-15-25(26)33-28/h6-7,10-15,18-19,31H,4-5,8-9,16-17H2,1-3H3. The van der Waals surface area contributed by atoms with Gasteiger partial charge >= 0.3 is 0 Å². The monoisotopic (exact) mass is 444 g/mol. The lowest BCUT2D eigenvalue weighted by atomic mass is 9.77. The molecule has 0 saturated heterocycles. The van der Waals surface area contributed by atoms with Crippen molar-refractivity contribution in [3.63, 3.8) is 0 Å². The molecule has 0 bridgehead atoms. The molecule has 3 aromatic carbocycles. The van der Waals surface area contributed by atoms with Crippen LogP contribution in [-0.4, -0.2) is 37.3 Å². The average Bonchev–Trinajstić information content (AvgIpc) is 2.99. The summed E-state index contributed by atoms with van der Waals surface area (Å²) in [6, 6.07) is 18.8. The summed E-state index contributed by atoms with van der Waals surface area (Å²) in [6.45, 7) is 5.38. The van der Waals surface area contributed by atoms with Gasteiger partial charge in [-0.15, -0.1) is 0 Å². The molecule has 1 atom stereocenters. The number of hydrogen-bond donors (Lipinski definition) is 1. The molecule has 2 aliphatic rings. The predicted octanol–water partition coefficient (Wildman–Crippen LogP) is 5.99. The number of anilines is 1. The van der Waals surface area contributed by atoms with Crippen LogP contribution < -0.4 is 14.4 Å². The molecule has 2 heterocycles. The number of para-hydroxylation sites is 1. The molecule has 1 N–H and O–H groups in total. The van der Waals surface area contributed by atoms with E-state index in [-0.39, 0.29) is 12.0 Å². The summed E-state index contributed by atoms with van der Waals surface area (Å²) in [5.74, 6) is 1.64. The van der Waals surface area contributed by atoms with Crippen LogP contribution in [0, 0.1) is 0 Å². The molecule has 3 aromatic rings. The normalized spacial score (nSPS) is 20.1. The first-order chi connectivity index (χ1) is 16.0. The van der Waals surface area contributed by atoms with Crippen molar-refractivity contribution in [1.82, 2.24) is 0 Å². The fourth-order valence-corrected chi connectivity index (χ4v) is 5.20. The number of hydrogen-bond acceptors (Lipinski definition) is 5. The molecule has 0 aromatic heterocycles. The summed E-state index contributed by atoms with van der Waals surface area (Å²) in [4.78, 5) is 7.19. The third-order valence-electron chi connectivity index (χ3n) is 7.22. The lowest BCUT2D eigenvalue weighted by Gasteiger charge is -2.45. The minimum Gasteiger partial charge on any atom is -0.494 e. The van der Waals surface area contributed by atoms with Crippen LogP contribution in [-0.2, 0) is 5.41 Å². The number of aliphatic imine (C=N–C) groups is 1. The van der Waals surface area contributed by atoms with Gasteiger partial charge in [-0.05, 0) is 68.3 Å². The number of benzene rings is 3. The van der Waals surface area contributed by atoms with Crippen LogP contribution in [0.2, 0.25) is 0 Å². The summed E-state index contributed by atoms with van der Waals surface area (Å²) in [6.07, 6.45) is 5.92. The Morgan fingerprint density at radius 3 is 2.61 bits per heavy atom. The van der Waals surface area contributed by atoms with Crippen molar-refractivity contribution in [2.45, 2.75) is 50.7 Å². The lowest BCUT2D eigenvalue weighted by molar-refractivity contribution is 0.0826. The van der Waals surface area contributed by atoms with Crippen molar-refractivity contribution in [2.75, 3.05) is 25.2 Å². The van der Waals surface area contributed by atoms with Crippen molar-refractivity contribution < 1.29 is 14.6 Å². The molecule has 172 valence electrons. The zero-order valence-electron chi connectivity index (χ0n) is 19.7. The van der Waals surface area contributed by atoms with E-state index in [9.17, 15) is 0 Å². The van der Waals surface area contributed by atoms with Crippen molar-refractivity contribution in [3.8, 4) is 11.5 Å². The van der Waals surface area contributed by atoms with Crippen LogP contribution in [0.1, 0.15) is 45.1 Å². The summed E-state index contributed by atoms with van der Waals surface area (Å²) < 4.78 is 12.8. The van der Waals surface area contributed by atoms with Gasteiger partial charge in [0.15, 0.2) is 0 Å². The topological polar surface area (TPSA) is 54.3 Å². The Morgan fingerprint density at radius 1 is 1.00 bits per heavy atom. The first-order valence-electron chi connectivity index (χ1n) is 11.9. The highest BCUT2D eigenvalue weighted by molar-refractivity contribution is 6.00. The van der Waals surface area contributed by atoms with Crippen molar-refractivity contribution in [3.05, 3.63) is 60.2 Å². The largest absolute Gasteiger partial charge is 0.494 e. The maximum atomic E-state index is 8.90. The average molecular weight is 445 g/mol. The van der Waals surface area contributed by atoms with E-state index in [1.165, 1.54) is 11.3 Å². The van der Waals surface area contributed by atoms with E-state index in [0.717, 1.165) is 53.6 Å². The number of likely N-dealkylation sites (N-methyl/N-ethyl adjacent to an activating group) is 1. The maximum Gasteiger partial charge on any atom is 0.228 e. The molecular weight excluding hydrogens is 412 g/mol. The van der Waals surface area contributed by atoms with Crippen LogP contribution >= 0.6 is 0 Å². The van der Waals surface area contributed by atoms with E-state index in [0.29, 0.717) is 6.61 Å². The third-order valence-corrected chi connectivity index (χ3v) is 7.22. The van der Waals surface area contributed by atoms with E-state index < -0.39 is 5.72 Å². The van der Waals surface area contributed by atoms with Crippen LogP contribution in [0.15, 0.2) is 59.6 Å². The first kappa shape index (κ1) is 21.8. The van der Waals surface area contributed by atoms with E-state index in [4.69, 9.17) is 19.6 Å². The number of aliphatic hydroxyl groups is 1. The van der Waals surface area contributed by atoms with Gasteiger partial charge in [-0.3, -0.25) is 4.99 Å². The quantitative estimate of drug-likeness (QED) is 0.455. The number of fused-ring (bicyclic) bond motifs is 4. The summed E-state index contributed by atoms with van der Waals surface area (Å²) in [7, 11) is 2.08. The second-order valence-corrected chi connectivity index (χ2v) is 9.54. The molecule has 0 amide bonds. The van der Waals surface area contributed by atoms with Crippen molar-refractivity contribution in [2.24, 2.45) is 4.99 Å². The van der Waals surface area contributed by atoms with E-state index in [2.05, 4.69) is 68.3 Å². The zero-order chi connectivity index (χ0) is 23.1. The minimum absolute atomic E-state index is 0.263. The Bertz CT molecular complexity index is 1200. The summed E-state index contributed by atoms with van der Waals surface area (Å²) in [5.41, 5.74) is 2.34. The maximum absolute atomic E-state index is 8.90. The van der Waals surface area contributed by atoms with Gasteiger partial charge in [0.1, 0.15) is 17.2 Å². The molecule has 0 aliphatic carbocycles. The number of ether oxygens (including phenoxy) is 2. The minimum atomic E-state index is -0.681. The van der Waals surface area contributed by atoms with E-state index in [1.54, 1.807) is 0 Å². The molecule has 2 aliphatic heterocycles. The van der Waals surface area contributed by atoms with Gasteiger partial charge in [-0.1, -0.05) is 36.8 Å². The second kappa shape index (κ2) is 8.38. The van der Waals surface area contributed by atoms with Gasteiger partial charge in [0.25, 0.3) is 0 Å². The highest BCUT2D eigenvalue weighted by Crippen LogP contribution is 2.54. The molecule has 5 heteroatoms. The Labute approximate surface area is 195 Å². The molecule has 0 radical (unpaired) electrons. The van der Waals surface area contributed by atoms with Crippen molar-refractivity contribution in [1.29, 1.82) is 0 Å². The Kier molecular flexibility index (Phi) is 5.53. The molecule has 1 spiro atoms. The van der Waals surface area contributed by atoms with Gasteiger partial charge in [0.05, 0.1) is 18.2 Å². The highest BCUT2D eigenvalue weighted by atomic mass is 16.5. The molecule has 33 heavy (non-hydrogen) atoms. The Hall–Kier alpha value is -3.05. The van der Waals surface area contributed by atoms with Gasteiger partial charge in [-0.25, -0.2) is 0 Å². The van der Waals surface area contributed by atoms with Gasteiger partial charge < -0.3 is 19.5 Å². The van der Waals surface area contributed by atoms with Crippen LogP contribution in [0.5, 0.6) is 11.5 Å².